The van der Waals surface area contributed by atoms with Crippen molar-refractivity contribution >= 4 is 11.8 Å². The standard InChI is InChI=1S/C7H12O2.C7H12O.C6H12.C4H6/c1-5(2)6(3)7(8)9-4;1-5(2)6(3)7(4)8;1-5(2)6(3)4;1-3-4-2/h1-4H3;1-4H3;1-4H3;1-2H3. The summed E-state index contributed by atoms with van der Waals surface area (Å²) in [6.45, 7) is 24.9. The number of carbonyl (C=O) groups is 2. The van der Waals surface area contributed by atoms with Gasteiger partial charge >= 0.3 is 5.97 Å². The Morgan fingerprint density at radius 2 is 0.852 bits per heavy atom. The van der Waals surface area contributed by atoms with Crippen molar-refractivity contribution in [3.05, 3.63) is 33.4 Å². The Labute approximate surface area is 169 Å². The SMILES string of the molecule is CC#CC.CC(=O)C(C)=C(C)C.CC(C)=C(C)C.COC(=O)C(C)=C(C)C. The van der Waals surface area contributed by atoms with Crippen LogP contribution in [0.15, 0.2) is 33.4 Å². The zero-order chi connectivity index (χ0) is 22.7. The van der Waals surface area contributed by atoms with Crippen molar-refractivity contribution in [3.63, 3.8) is 0 Å². The highest BCUT2D eigenvalue weighted by atomic mass is 16.5. The van der Waals surface area contributed by atoms with E-state index in [0.717, 1.165) is 16.7 Å². The van der Waals surface area contributed by atoms with Crippen LogP contribution in [-0.2, 0) is 14.3 Å². The van der Waals surface area contributed by atoms with E-state index < -0.39 is 0 Å². The van der Waals surface area contributed by atoms with Crippen LogP contribution in [-0.4, -0.2) is 18.9 Å². The molecule has 0 unspecified atom stereocenters. The molecule has 0 atom stereocenters. The lowest BCUT2D eigenvalue weighted by molar-refractivity contribution is -0.136. The summed E-state index contributed by atoms with van der Waals surface area (Å²) in [5, 5.41) is 0. The molecule has 0 fully saturated rings. The normalized spacial score (nSPS) is 7.63. The molecule has 0 rings (SSSR count). The second kappa shape index (κ2) is 20.2. The van der Waals surface area contributed by atoms with E-state index in [1.807, 2.05) is 48.5 Å². The van der Waals surface area contributed by atoms with E-state index in [-0.39, 0.29) is 11.8 Å². The van der Waals surface area contributed by atoms with Crippen LogP contribution in [0.2, 0.25) is 0 Å². The third-order valence-electron chi connectivity index (χ3n) is 3.77. The lowest BCUT2D eigenvalue weighted by atomic mass is 10.1. The van der Waals surface area contributed by atoms with Crippen LogP contribution in [0.25, 0.3) is 0 Å². The monoisotopic (exact) mass is 378 g/mol. The molecule has 0 bridgehead atoms. The van der Waals surface area contributed by atoms with Crippen LogP contribution in [0, 0.1) is 11.8 Å². The molecular formula is C24H42O3. The van der Waals surface area contributed by atoms with E-state index in [1.165, 1.54) is 18.3 Å². The fraction of sp³-hybridized carbons (Fsp3) is 0.583. The summed E-state index contributed by atoms with van der Waals surface area (Å²) < 4.78 is 4.48. The maximum Gasteiger partial charge on any atom is 0.333 e. The summed E-state index contributed by atoms with van der Waals surface area (Å²) in [7, 11) is 1.38. The van der Waals surface area contributed by atoms with Crippen LogP contribution >= 0.6 is 0 Å². The Kier molecular flexibility index (Phi) is 24.4. The lowest BCUT2D eigenvalue weighted by Crippen LogP contribution is -2.02. The molecule has 0 aliphatic rings. The molecular weight excluding hydrogens is 336 g/mol. The molecule has 3 nitrogen and oxygen atoms in total. The van der Waals surface area contributed by atoms with Crippen molar-refractivity contribution in [2.45, 2.75) is 90.0 Å². The molecule has 0 heterocycles. The average molecular weight is 379 g/mol. The van der Waals surface area contributed by atoms with Crippen molar-refractivity contribution in [2.75, 3.05) is 7.11 Å². The molecule has 156 valence electrons. The Balaban J connectivity index is -0.000000136. The number of ether oxygens (including phenoxy) is 1. The number of esters is 1. The highest BCUT2D eigenvalue weighted by molar-refractivity contribution is 5.93. The second-order valence-corrected chi connectivity index (χ2v) is 6.80. The van der Waals surface area contributed by atoms with Gasteiger partial charge in [0.05, 0.1) is 7.11 Å². The van der Waals surface area contributed by atoms with Gasteiger partial charge in [0.25, 0.3) is 0 Å². The Bertz CT molecular complexity index is 571. The summed E-state index contributed by atoms with van der Waals surface area (Å²) in [6, 6.07) is 0. The highest BCUT2D eigenvalue weighted by Crippen LogP contribution is 2.02. The molecule has 0 aromatic heterocycles. The van der Waals surface area contributed by atoms with E-state index >= 15 is 0 Å². The highest BCUT2D eigenvalue weighted by Gasteiger charge is 2.02. The first-order valence-electron chi connectivity index (χ1n) is 9.02. The molecule has 3 heteroatoms. The van der Waals surface area contributed by atoms with Gasteiger partial charge in [0.1, 0.15) is 0 Å². The molecule has 0 saturated carbocycles. The van der Waals surface area contributed by atoms with Gasteiger partial charge in [-0.15, -0.1) is 11.8 Å². The van der Waals surface area contributed by atoms with Crippen LogP contribution in [0.3, 0.4) is 0 Å². The van der Waals surface area contributed by atoms with Crippen LogP contribution in [0.4, 0.5) is 0 Å². The van der Waals surface area contributed by atoms with Crippen molar-refractivity contribution in [1.82, 2.24) is 0 Å². The van der Waals surface area contributed by atoms with Gasteiger partial charge in [-0.05, 0) is 95.6 Å². The van der Waals surface area contributed by atoms with Gasteiger partial charge in [-0.3, -0.25) is 4.79 Å². The zero-order valence-electron chi connectivity index (χ0n) is 20.2. The summed E-state index contributed by atoms with van der Waals surface area (Å²) in [6.07, 6.45) is 0. The third kappa shape index (κ3) is 26.3. The summed E-state index contributed by atoms with van der Waals surface area (Å²) in [4.78, 5) is 21.2. The Morgan fingerprint density at radius 3 is 0.889 bits per heavy atom. The molecule has 0 aliphatic carbocycles. The number of carbonyl (C=O) groups excluding carboxylic acids is 2. The minimum atomic E-state index is -0.241. The maximum atomic E-state index is 10.7. The second-order valence-electron chi connectivity index (χ2n) is 6.80. The van der Waals surface area contributed by atoms with Gasteiger partial charge in [-0.1, -0.05) is 22.3 Å². The van der Waals surface area contributed by atoms with Crippen molar-refractivity contribution in [1.29, 1.82) is 0 Å². The third-order valence-corrected chi connectivity index (χ3v) is 3.77. The quantitative estimate of drug-likeness (QED) is 0.229. The number of rotatable bonds is 2. The number of allylic oxidation sites excluding steroid dienone is 5. The summed E-state index contributed by atoms with van der Waals surface area (Å²) in [5.74, 6) is 5.29. The predicted molar refractivity (Wildman–Crippen MR) is 120 cm³/mol. The van der Waals surface area contributed by atoms with Gasteiger partial charge in [0.15, 0.2) is 5.78 Å². The summed E-state index contributed by atoms with van der Waals surface area (Å²) in [5.41, 5.74) is 6.53. The Morgan fingerprint density at radius 1 is 0.556 bits per heavy atom. The van der Waals surface area contributed by atoms with Gasteiger partial charge in [0, 0.05) is 5.57 Å². The molecule has 0 spiro atoms. The van der Waals surface area contributed by atoms with Gasteiger partial charge < -0.3 is 4.74 Å². The first-order valence-corrected chi connectivity index (χ1v) is 9.02. The molecule has 0 radical (unpaired) electrons. The zero-order valence-corrected chi connectivity index (χ0v) is 20.2. The number of hydrogen-bond donors (Lipinski definition) is 0. The van der Waals surface area contributed by atoms with Crippen molar-refractivity contribution in [3.8, 4) is 11.8 Å². The fourth-order valence-corrected chi connectivity index (χ4v) is 0.709. The van der Waals surface area contributed by atoms with E-state index in [1.54, 1.807) is 13.8 Å². The maximum absolute atomic E-state index is 10.7. The van der Waals surface area contributed by atoms with Gasteiger partial charge in [-0.25, -0.2) is 4.79 Å². The van der Waals surface area contributed by atoms with Crippen LogP contribution in [0.5, 0.6) is 0 Å². The smallest absolute Gasteiger partial charge is 0.333 e. The topological polar surface area (TPSA) is 43.4 Å². The average Bonchev–Trinajstić information content (AvgIpc) is 2.60. The molecule has 0 aromatic carbocycles. The number of methoxy groups -OCH3 is 1. The van der Waals surface area contributed by atoms with E-state index in [0.29, 0.717) is 5.57 Å². The molecule has 0 aliphatic heterocycles. The van der Waals surface area contributed by atoms with E-state index in [2.05, 4.69) is 44.3 Å². The number of ketones is 1. The molecule has 0 N–H and O–H groups in total. The lowest BCUT2D eigenvalue weighted by Gasteiger charge is -1.98. The number of Topliss-reactive ketones (excluding diaryl/α,β-unsaturated/α-hetero) is 1. The minimum Gasteiger partial charge on any atom is -0.466 e. The molecule has 0 amide bonds. The van der Waals surface area contributed by atoms with Crippen LogP contribution < -0.4 is 0 Å². The van der Waals surface area contributed by atoms with E-state index in [9.17, 15) is 9.59 Å². The van der Waals surface area contributed by atoms with Crippen LogP contribution in [0.1, 0.15) is 90.0 Å². The molecule has 0 saturated heterocycles. The summed E-state index contributed by atoms with van der Waals surface area (Å²) >= 11 is 0. The first-order chi connectivity index (χ1) is 12.2. The number of hydrogen-bond acceptors (Lipinski definition) is 3. The minimum absolute atomic E-state index is 0.171. The van der Waals surface area contributed by atoms with Gasteiger partial charge in [0.2, 0.25) is 0 Å². The van der Waals surface area contributed by atoms with Crippen molar-refractivity contribution < 1.29 is 14.3 Å². The Hall–Kier alpha value is -2.08. The van der Waals surface area contributed by atoms with E-state index in [4.69, 9.17) is 0 Å². The first kappa shape index (κ1) is 32.6. The predicted octanol–water partition coefficient (Wildman–Crippen LogP) is 6.84. The fourth-order valence-electron chi connectivity index (χ4n) is 0.709. The molecule has 27 heavy (non-hydrogen) atoms. The largest absolute Gasteiger partial charge is 0.466 e. The molecule has 0 aromatic rings. The van der Waals surface area contributed by atoms with Crippen molar-refractivity contribution in [2.24, 2.45) is 0 Å². The van der Waals surface area contributed by atoms with Gasteiger partial charge in [-0.2, -0.15) is 0 Å².